The van der Waals surface area contributed by atoms with Crippen LogP contribution in [0.15, 0.2) is 78.3 Å². The van der Waals surface area contributed by atoms with Gasteiger partial charge in [-0.1, -0.05) is 6.07 Å². The number of rotatable bonds is 6. The fourth-order valence-corrected chi connectivity index (χ4v) is 3.85. The summed E-state index contributed by atoms with van der Waals surface area (Å²) in [5, 5.41) is 8.28. The number of hydrogen-bond donors (Lipinski definition) is 1. The summed E-state index contributed by atoms with van der Waals surface area (Å²) in [6.45, 7) is 0.126. The summed E-state index contributed by atoms with van der Waals surface area (Å²) in [4.78, 5) is 4.57. The molecule has 8 nitrogen and oxygen atoms in total. The van der Waals surface area contributed by atoms with Gasteiger partial charge < -0.3 is 0 Å². The van der Waals surface area contributed by atoms with Gasteiger partial charge in [0.05, 0.1) is 22.5 Å². The Morgan fingerprint density at radius 2 is 1.86 bits per heavy atom. The van der Waals surface area contributed by atoms with Crippen molar-refractivity contribution in [2.75, 3.05) is 0 Å². The summed E-state index contributed by atoms with van der Waals surface area (Å²) < 4.78 is 31.4. The Balaban J connectivity index is 1.53. The van der Waals surface area contributed by atoms with Gasteiger partial charge in [-0.15, -0.1) is 0 Å². The van der Waals surface area contributed by atoms with Crippen molar-refractivity contribution < 1.29 is 8.42 Å². The minimum atomic E-state index is -3.67. The first-order chi connectivity index (χ1) is 13.5. The van der Waals surface area contributed by atoms with Crippen molar-refractivity contribution in [1.82, 2.24) is 29.3 Å². The molecule has 0 fully saturated rings. The highest BCUT2D eigenvalue weighted by Crippen LogP contribution is 2.21. The highest BCUT2D eigenvalue weighted by Gasteiger charge is 2.16. The van der Waals surface area contributed by atoms with Gasteiger partial charge in [0.2, 0.25) is 10.0 Å². The van der Waals surface area contributed by atoms with Crippen LogP contribution in [0.2, 0.25) is 0 Å². The Morgan fingerprint density at radius 1 is 1.04 bits per heavy atom. The SMILES string of the molecule is Cn1cc(-c2ncccc2CNS(=O)(=O)c2ccc(-n3cccn3)cc2)cn1. The number of aryl methyl sites for hydroxylation is 1. The predicted molar refractivity (Wildman–Crippen MR) is 104 cm³/mol. The number of nitrogens with zero attached hydrogens (tertiary/aromatic N) is 5. The minimum absolute atomic E-state index is 0.126. The summed E-state index contributed by atoms with van der Waals surface area (Å²) in [6.07, 6.45) is 8.68. The molecule has 0 radical (unpaired) electrons. The van der Waals surface area contributed by atoms with Crippen molar-refractivity contribution in [3.63, 3.8) is 0 Å². The van der Waals surface area contributed by atoms with Crippen molar-refractivity contribution in [3.05, 3.63) is 79.0 Å². The Labute approximate surface area is 162 Å². The van der Waals surface area contributed by atoms with E-state index in [1.807, 2.05) is 19.3 Å². The summed E-state index contributed by atoms with van der Waals surface area (Å²) in [5.74, 6) is 0. The van der Waals surface area contributed by atoms with E-state index in [0.29, 0.717) is 5.69 Å². The Morgan fingerprint density at radius 3 is 2.54 bits per heavy atom. The van der Waals surface area contributed by atoms with E-state index < -0.39 is 10.0 Å². The van der Waals surface area contributed by atoms with Crippen LogP contribution in [-0.4, -0.2) is 33.0 Å². The van der Waals surface area contributed by atoms with Crippen LogP contribution in [-0.2, 0) is 23.6 Å². The van der Waals surface area contributed by atoms with Gasteiger partial charge >= 0.3 is 0 Å². The molecule has 142 valence electrons. The van der Waals surface area contributed by atoms with E-state index in [2.05, 4.69) is 19.9 Å². The first kappa shape index (κ1) is 18.1. The maximum absolute atomic E-state index is 12.7. The lowest BCUT2D eigenvalue weighted by molar-refractivity contribution is 0.581. The van der Waals surface area contributed by atoms with Gasteiger partial charge in [0.25, 0.3) is 0 Å². The molecule has 3 heterocycles. The number of pyridine rings is 1. The van der Waals surface area contributed by atoms with Crippen LogP contribution < -0.4 is 4.72 Å². The lowest BCUT2D eigenvalue weighted by Gasteiger charge is -2.10. The maximum Gasteiger partial charge on any atom is 0.240 e. The third-order valence-corrected chi connectivity index (χ3v) is 5.66. The first-order valence-electron chi connectivity index (χ1n) is 8.55. The smallest absolute Gasteiger partial charge is 0.240 e. The lowest BCUT2D eigenvalue weighted by Crippen LogP contribution is -2.23. The molecule has 4 aromatic rings. The molecule has 0 atom stereocenters. The molecule has 9 heteroatoms. The molecule has 1 aromatic carbocycles. The molecular formula is C19H18N6O2S. The van der Waals surface area contributed by atoms with E-state index >= 15 is 0 Å². The van der Waals surface area contributed by atoms with E-state index in [1.54, 1.807) is 70.5 Å². The molecular weight excluding hydrogens is 376 g/mol. The quantitative estimate of drug-likeness (QED) is 0.541. The standard InChI is InChI=1S/C19H18N6O2S/c1-24-14-16(12-22-24)19-15(4-2-9-20-19)13-23-28(26,27)18-7-5-17(6-8-18)25-11-3-10-21-25/h2-12,14,23H,13H2,1H3. The van der Waals surface area contributed by atoms with Crippen LogP contribution in [0.4, 0.5) is 0 Å². The van der Waals surface area contributed by atoms with Crippen molar-refractivity contribution in [1.29, 1.82) is 0 Å². The second kappa shape index (κ2) is 7.37. The van der Waals surface area contributed by atoms with E-state index in [1.165, 1.54) is 0 Å². The summed E-state index contributed by atoms with van der Waals surface area (Å²) in [5.41, 5.74) is 3.09. The normalized spacial score (nSPS) is 11.6. The minimum Gasteiger partial charge on any atom is -0.275 e. The third-order valence-electron chi connectivity index (χ3n) is 4.24. The average Bonchev–Trinajstić information content (AvgIpc) is 3.39. The fraction of sp³-hybridized carbons (Fsp3) is 0.105. The molecule has 0 spiro atoms. The summed E-state index contributed by atoms with van der Waals surface area (Å²) in [7, 11) is -1.84. The maximum atomic E-state index is 12.7. The van der Waals surface area contributed by atoms with Crippen LogP contribution in [0.25, 0.3) is 16.9 Å². The highest BCUT2D eigenvalue weighted by atomic mass is 32.2. The Bertz CT molecular complexity index is 1180. The molecule has 0 bridgehead atoms. The molecule has 0 saturated heterocycles. The van der Waals surface area contributed by atoms with E-state index in [9.17, 15) is 8.42 Å². The zero-order chi connectivity index (χ0) is 19.6. The van der Waals surface area contributed by atoms with Crippen LogP contribution in [0.3, 0.4) is 0 Å². The molecule has 0 unspecified atom stereocenters. The molecule has 0 aliphatic carbocycles. The molecule has 3 aromatic heterocycles. The van der Waals surface area contributed by atoms with E-state index in [4.69, 9.17) is 0 Å². The second-order valence-electron chi connectivity index (χ2n) is 6.18. The number of aromatic nitrogens is 5. The molecule has 1 N–H and O–H groups in total. The zero-order valence-corrected chi connectivity index (χ0v) is 15.9. The molecule has 4 rings (SSSR count). The average molecular weight is 394 g/mol. The molecule has 28 heavy (non-hydrogen) atoms. The van der Waals surface area contributed by atoms with Crippen LogP contribution in [0, 0.1) is 0 Å². The fourth-order valence-electron chi connectivity index (χ4n) is 2.84. The number of benzene rings is 1. The van der Waals surface area contributed by atoms with Crippen molar-refractivity contribution in [3.8, 4) is 16.9 Å². The van der Waals surface area contributed by atoms with Crippen molar-refractivity contribution in [2.45, 2.75) is 11.4 Å². The number of nitrogens with one attached hydrogen (secondary N) is 1. The topological polar surface area (TPSA) is 94.7 Å². The highest BCUT2D eigenvalue weighted by molar-refractivity contribution is 7.89. The summed E-state index contributed by atoms with van der Waals surface area (Å²) >= 11 is 0. The monoisotopic (exact) mass is 394 g/mol. The predicted octanol–water partition coefficient (Wildman–Crippen LogP) is 2.15. The zero-order valence-electron chi connectivity index (χ0n) is 15.1. The van der Waals surface area contributed by atoms with Crippen LogP contribution >= 0.6 is 0 Å². The van der Waals surface area contributed by atoms with Crippen LogP contribution in [0.1, 0.15) is 5.56 Å². The van der Waals surface area contributed by atoms with Crippen molar-refractivity contribution in [2.24, 2.45) is 7.05 Å². The van der Waals surface area contributed by atoms with E-state index in [0.717, 1.165) is 16.8 Å². The third kappa shape index (κ3) is 3.71. The molecule has 0 saturated carbocycles. The van der Waals surface area contributed by atoms with Crippen molar-refractivity contribution >= 4 is 10.0 Å². The lowest BCUT2D eigenvalue weighted by atomic mass is 10.1. The van der Waals surface area contributed by atoms with E-state index in [-0.39, 0.29) is 11.4 Å². The molecule has 0 aliphatic rings. The Kier molecular flexibility index (Phi) is 4.76. The largest absolute Gasteiger partial charge is 0.275 e. The van der Waals surface area contributed by atoms with Gasteiger partial charge in [-0.25, -0.2) is 17.8 Å². The summed E-state index contributed by atoms with van der Waals surface area (Å²) in [6, 6.07) is 12.0. The van der Waals surface area contributed by atoms with Gasteiger partial charge in [0, 0.05) is 43.9 Å². The molecule has 0 aliphatic heterocycles. The van der Waals surface area contributed by atoms with Gasteiger partial charge in [0.15, 0.2) is 0 Å². The first-order valence-corrected chi connectivity index (χ1v) is 10.0. The molecule has 0 amide bonds. The van der Waals surface area contributed by atoms with Gasteiger partial charge in [-0.2, -0.15) is 10.2 Å². The Hall–Kier alpha value is -3.30. The van der Waals surface area contributed by atoms with Crippen LogP contribution in [0.5, 0.6) is 0 Å². The van der Waals surface area contributed by atoms with Gasteiger partial charge in [-0.05, 0) is 42.0 Å². The van der Waals surface area contributed by atoms with Gasteiger partial charge in [0.1, 0.15) is 0 Å². The number of hydrogen-bond acceptors (Lipinski definition) is 5. The van der Waals surface area contributed by atoms with Gasteiger partial charge in [-0.3, -0.25) is 9.67 Å². The second-order valence-corrected chi connectivity index (χ2v) is 7.95. The number of sulfonamides is 1.